The van der Waals surface area contributed by atoms with Crippen LogP contribution in [0.1, 0.15) is 24.4 Å². The lowest BCUT2D eigenvalue weighted by Crippen LogP contribution is -2.32. The first kappa shape index (κ1) is 28.4. The Balaban J connectivity index is 1.71. The van der Waals surface area contributed by atoms with Crippen molar-refractivity contribution in [2.75, 3.05) is 20.1 Å². The van der Waals surface area contributed by atoms with Gasteiger partial charge >= 0.3 is 16.9 Å². The summed E-state index contributed by atoms with van der Waals surface area (Å²) >= 11 is 0. The summed E-state index contributed by atoms with van der Waals surface area (Å²) in [5.41, 5.74) is 0.760. The van der Waals surface area contributed by atoms with Crippen LogP contribution in [0.2, 0.25) is 0 Å². The lowest BCUT2D eigenvalue weighted by Gasteiger charge is -2.32. The number of nitriles is 1. The first-order chi connectivity index (χ1) is 20.3. The molecule has 222 valence electrons. The van der Waals surface area contributed by atoms with Gasteiger partial charge in [-0.25, -0.2) is 0 Å². The Morgan fingerprint density at radius 1 is 1.09 bits per heavy atom. The Hall–Kier alpha value is -4.68. The van der Waals surface area contributed by atoms with E-state index in [1.54, 1.807) is 18.2 Å². The van der Waals surface area contributed by atoms with Gasteiger partial charge in [-0.2, -0.15) is 13.7 Å². The van der Waals surface area contributed by atoms with Crippen molar-refractivity contribution in [1.29, 1.82) is 5.26 Å². The number of H-pyrrole nitrogens is 1. The van der Waals surface area contributed by atoms with Gasteiger partial charge in [0.2, 0.25) is 0 Å². The maximum atomic E-state index is 14.0. The van der Waals surface area contributed by atoms with Crippen LogP contribution in [0.5, 0.6) is 11.5 Å². The third kappa shape index (κ3) is 5.46. The van der Waals surface area contributed by atoms with E-state index in [4.69, 9.17) is 0 Å². The number of pyridine rings is 2. The number of nitrogens with zero attached hydrogens (tertiary/aromatic N) is 4. The second-order valence-electron chi connectivity index (χ2n) is 10.3. The number of alkyl halides is 3. The van der Waals surface area contributed by atoms with Crippen molar-refractivity contribution >= 4 is 43.3 Å². The smallest absolute Gasteiger partial charge is 0.405 e. The highest BCUT2D eigenvalue weighted by Crippen LogP contribution is 2.40. The maximum Gasteiger partial charge on any atom is 0.573 e. The van der Waals surface area contributed by atoms with E-state index in [2.05, 4.69) is 29.9 Å². The van der Waals surface area contributed by atoms with Gasteiger partial charge in [-0.05, 0) is 63.3 Å². The summed E-state index contributed by atoms with van der Waals surface area (Å²) in [6, 6.07) is 9.99. The van der Waals surface area contributed by atoms with Crippen LogP contribution in [0.4, 0.5) is 17.1 Å². The molecule has 5 aromatic rings. The fourth-order valence-electron chi connectivity index (χ4n) is 5.66. The lowest BCUT2D eigenvalue weighted by molar-refractivity contribution is -0.274. The van der Waals surface area contributed by atoms with Gasteiger partial charge in [-0.3, -0.25) is 9.78 Å². The van der Waals surface area contributed by atoms with Crippen LogP contribution in [0.3, 0.4) is 0 Å². The van der Waals surface area contributed by atoms with Crippen molar-refractivity contribution in [3.05, 3.63) is 64.6 Å². The number of benzene rings is 2. The number of aromatic nitrogens is 3. The molecule has 43 heavy (non-hydrogen) atoms. The summed E-state index contributed by atoms with van der Waals surface area (Å²) in [6.07, 6.45) is -1.82. The Bertz CT molecular complexity index is 2130. The van der Waals surface area contributed by atoms with E-state index < -0.39 is 33.8 Å². The molecule has 3 aromatic heterocycles. The zero-order valence-corrected chi connectivity index (χ0v) is 23.1. The summed E-state index contributed by atoms with van der Waals surface area (Å²) in [6.45, 7) is 1.45. The molecule has 6 rings (SSSR count). The van der Waals surface area contributed by atoms with Gasteiger partial charge in [0.1, 0.15) is 11.4 Å². The molecule has 1 N–H and O–H groups in total. The Kier molecular flexibility index (Phi) is 6.78. The number of likely N-dealkylation sites (tertiary alicyclic amines) is 1. The Labute approximate surface area is 241 Å². The highest BCUT2D eigenvalue weighted by atomic mass is 32.3. The van der Waals surface area contributed by atoms with Crippen molar-refractivity contribution < 1.29 is 34.4 Å². The minimum Gasteiger partial charge on any atom is -0.405 e. The number of piperidine rings is 1. The van der Waals surface area contributed by atoms with Crippen molar-refractivity contribution in [2.45, 2.75) is 25.2 Å². The first-order valence-electron chi connectivity index (χ1n) is 12.9. The highest BCUT2D eigenvalue weighted by molar-refractivity contribution is 7.81. The number of nitrogens with one attached hydrogen (secondary N) is 1. The standard InChI is InChI=1S/C28H21F4N5O5S/c1-36-6-4-17(5-7-36)37-23-10-20(16-9-18(14-34-13-16)42-43(32,39)40)24(41-28(29,30)31)11-21(23)26(38)25-19-3-2-15(12-33)8-22(19)35-27(25)37/h2-3,8-11,13-14,17,35H,4-7H2,1H3. The van der Waals surface area contributed by atoms with Gasteiger partial charge in [-0.1, -0.05) is 9.95 Å². The van der Waals surface area contributed by atoms with Crippen molar-refractivity contribution in [1.82, 2.24) is 19.4 Å². The average Bonchev–Trinajstić information content (AvgIpc) is 3.31. The monoisotopic (exact) mass is 615 g/mol. The highest BCUT2D eigenvalue weighted by Gasteiger charge is 2.34. The Morgan fingerprint density at radius 2 is 1.84 bits per heavy atom. The maximum absolute atomic E-state index is 14.0. The van der Waals surface area contributed by atoms with E-state index in [-0.39, 0.29) is 33.5 Å². The van der Waals surface area contributed by atoms with Gasteiger partial charge in [0.25, 0.3) is 0 Å². The van der Waals surface area contributed by atoms with E-state index in [1.807, 2.05) is 11.6 Å². The molecule has 2 aromatic carbocycles. The summed E-state index contributed by atoms with van der Waals surface area (Å²) < 4.78 is 86.6. The SMILES string of the molecule is CN1CCC(n2c3cc(-c4cncc(OS(=O)(=O)F)c4)c(OC(F)(F)F)cc3c(=O)c3c4ccc(C#N)cc4[nH]c32)CC1. The molecule has 0 atom stereocenters. The molecular formula is C28H21F4N5O5S. The number of fused-ring (bicyclic) bond motifs is 4. The predicted octanol–water partition coefficient (Wildman–Crippen LogP) is 5.33. The molecule has 0 amide bonds. The molecule has 0 saturated carbocycles. The molecule has 1 aliphatic rings. The quantitative estimate of drug-likeness (QED) is 0.208. The molecule has 0 bridgehead atoms. The van der Waals surface area contributed by atoms with Gasteiger partial charge in [0, 0.05) is 34.3 Å². The molecule has 1 aliphatic heterocycles. The van der Waals surface area contributed by atoms with Crippen LogP contribution in [0, 0.1) is 11.3 Å². The van der Waals surface area contributed by atoms with E-state index in [0.717, 1.165) is 37.6 Å². The van der Waals surface area contributed by atoms with Crippen LogP contribution in [-0.4, -0.2) is 54.4 Å². The van der Waals surface area contributed by atoms with Gasteiger partial charge in [-0.15, -0.1) is 13.2 Å². The predicted molar refractivity (Wildman–Crippen MR) is 149 cm³/mol. The second-order valence-corrected chi connectivity index (χ2v) is 11.2. The summed E-state index contributed by atoms with van der Waals surface area (Å²) in [4.78, 5) is 23.2. The summed E-state index contributed by atoms with van der Waals surface area (Å²) in [5.74, 6) is -1.33. The van der Waals surface area contributed by atoms with Crippen LogP contribution in [0.15, 0.2) is 53.6 Å². The van der Waals surface area contributed by atoms with E-state index in [0.29, 0.717) is 35.0 Å². The number of rotatable bonds is 5. The van der Waals surface area contributed by atoms with E-state index in [9.17, 15) is 35.5 Å². The number of hydrogen-bond donors (Lipinski definition) is 1. The van der Waals surface area contributed by atoms with Crippen molar-refractivity contribution in [2.24, 2.45) is 0 Å². The zero-order valence-electron chi connectivity index (χ0n) is 22.3. The summed E-state index contributed by atoms with van der Waals surface area (Å²) in [7, 11) is -3.48. The minimum absolute atomic E-state index is 0.0496. The third-order valence-corrected chi connectivity index (χ3v) is 7.87. The molecule has 0 aliphatic carbocycles. The van der Waals surface area contributed by atoms with Gasteiger partial charge < -0.3 is 23.4 Å². The zero-order chi connectivity index (χ0) is 30.7. The Morgan fingerprint density at radius 3 is 2.51 bits per heavy atom. The number of aromatic amines is 1. The molecule has 1 saturated heterocycles. The molecule has 10 nitrogen and oxygen atoms in total. The molecular weight excluding hydrogens is 594 g/mol. The van der Waals surface area contributed by atoms with Crippen molar-refractivity contribution in [3.8, 4) is 28.7 Å². The fraction of sp³-hybridized carbons (Fsp3) is 0.250. The molecule has 15 heteroatoms. The van der Waals surface area contributed by atoms with Crippen LogP contribution < -0.4 is 14.3 Å². The van der Waals surface area contributed by atoms with E-state index >= 15 is 0 Å². The lowest BCUT2D eigenvalue weighted by atomic mass is 9.99. The van der Waals surface area contributed by atoms with Crippen molar-refractivity contribution in [3.63, 3.8) is 0 Å². The fourth-order valence-corrected chi connectivity index (χ4v) is 5.98. The van der Waals surface area contributed by atoms with Gasteiger partial charge in [0.15, 0.2) is 11.2 Å². The average molecular weight is 616 g/mol. The van der Waals surface area contributed by atoms with Crippen LogP contribution in [-0.2, 0) is 10.5 Å². The third-order valence-electron chi connectivity index (χ3n) is 7.48. The molecule has 0 radical (unpaired) electrons. The molecule has 0 spiro atoms. The molecule has 1 fully saturated rings. The topological polar surface area (TPSA) is 130 Å². The number of halogens is 4. The molecule has 4 heterocycles. The van der Waals surface area contributed by atoms with Gasteiger partial charge in [0.05, 0.1) is 34.1 Å². The van der Waals surface area contributed by atoms with E-state index in [1.165, 1.54) is 6.07 Å². The number of ether oxygens (including phenoxy) is 1. The first-order valence-corrected chi connectivity index (χ1v) is 14.2. The number of hydrogen-bond acceptors (Lipinski definition) is 8. The van der Waals surface area contributed by atoms with Crippen LogP contribution in [0.25, 0.3) is 44.0 Å². The largest absolute Gasteiger partial charge is 0.573 e. The minimum atomic E-state index is -5.45. The summed E-state index contributed by atoms with van der Waals surface area (Å²) in [5, 5.41) is 10.1. The second kappa shape index (κ2) is 10.2. The van der Waals surface area contributed by atoms with Crippen LogP contribution >= 0.6 is 0 Å². The molecule has 0 unspecified atom stereocenters. The normalized spacial score (nSPS) is 15.3.